The van der Waals surface area contributed by atoms with E-state index in [-0.39, 0.29) is 11.9 Å². The van der Waals surface area contributed by atoms with E-state index in [2.05, 4.69) is 18.8 Å². The summed E-state index contributed by atoms with van der Waals surface area (Å²) in [4.78, 5) is 20.2. The Hall–Kier alpha value is -1.62. The number of fused-ring (bicyclic) bond motifs is 1. The second kappa shape index (κ2) is 5.57. The molecule has 2 rings (SSSR count). The highest BCUT2D eigenvalue weighted by Gasteiger charge is 2.24. The number of aromatic nitrogens is 1. The van der Waals surface area contributed by atoms with Crippen LogP contribution in [0.25, 0.3) is 10.2 Å². The largest absolute Gasteiger partial charge is 0.397 e. The molecule has 0 aliphatic rings. The molecule has 0 aromatic carbocycles. The Morgan fingerprint density at radius 3 is 2.84 bits per heavy atom. The number of nitrogens with zero attached hydrogens (tertiary/aromatic N) is 2. The molecule has 19 heavy (non-hydrogen) atoms. The lowest BCUT2D eigenvalue weighted by atomic mass is 10.2. The van der Waals surface area contributed by atoms with Crippen LogP contribution >= 0.6 is 11.3 Å². The van der Waals surface area contributed by atoms with Gasteiger partial charge in [-0.2, -0.15) is 0 Å². The summed E-state index contributed by atoms with van der Waals surface area (Å²) in [5.74, 6) is 0.0114. The monoisotopic (exact) mass is 277 g/mol. The fourth-order valence-electron chi connectivity index (χ4n) is 2.12. The van der Waals surface area contributed by atoms with Gasteiger partial charge in [-0.1, -0.05) is 6.92 Å². The summed E-state index contributed by atoms with van der Waals surface area (Å²) in [5.41, 5.74) is 6.65. The van der Waals surface area contributed by atoms with E-state index in [9.17, 15) is 4.79 Å². The zero-order chi connectivity index (χ0) is 14.0. The lowest BCUT2D eigenvalue weighted by Gasteiger charge is -2.26. The van der Waals surface area contributed by atoms with Crippen molar-refractivity contribution < 1.29 is 4.79 Å². The summed E-state index contributed by atoms with van der Waals surface area (Å²) in [6.07, 6.45) is 2.65. The van der Waals surface area contributed by atoms with E-state index in [1.807, 2.05) is 24.0 Å². The molecule has 0 aliphatic carbocycles. The van der Waals surface area contributed by atoms with Gasteiger partial charge in [0.25, 0.3) is 5.91 Å². The van der Waals surface area contributed by atoms with Crippen LogP contribution in [0.5, 0.6) is 0 Å². The molecule has 2 N–H and O–H groups in total. The van der Waals surface area contributed by atoms with Crippen LogP contribution in [0.4, 0.5) is 5.69 Å². The Bertz CT molecular complexity index is 593. The number of hydrogen-bond acceptors (Lipinski definition) is 4. The smallest absolute Gasteiger partial charge is 0.266 e. The van der Waals surface area contributed by atoms with E-state index in [4.69, 9.17) is 5.73 Å². The minimum Gasteiger partial charge on any atom is -0.397 e. The topological polar surface area (TPSA) is 59.2 Å². The molecule has 1 atom stereocenters. The normalized spacial score (nSPS) is 12.6. The minimum atomic E-state index is 0.0114. The van der Waals surface area contributed by atoms with Crippen LogP contribution in [0, 0.1) is 0 Å². The van der Waals surface area contributed by atoms with Gasteiger partial charge in [0, 0.05) is 24.2 Å². The number of nitrogens with two attached hydrogens (primary N) is 1. The summed E-state index contributed by atoms with van der Waals surface area (Å²) >= 11 is 1.38. The van der Waals surface area contributed by atoms with Gasteiger partial charge in [-0.25, -0.2) is 4.98 Å². The van der Waals surface area contributed by atoms with Gasteiger partial charge in [0.05, 0.1) is 5.69 Å². The molecule has 0 spiro atoms. The van der Waals surface area contributed by atoms with E-state index in [0.717, 1.165) is 16.6 Å². The number of anilines is 1. The molecule has 0 radical (unpaired) electrons. The van der Waals surface area contributed by atoms with Crippen molar-refractivity contribution in [1.82, 2.24) is 9.88 Å². The van der Waals surface area contributed by atoms with Gasteiger partial charge in [-0.05, 0) is 32.4 Å². The lowest BCUT2D eigenvalue weighted by Crippen LogP contribution is -2.37. The van der Waals surface area contributed by atoms with Gasteiger partial charge in [0.1, 0.15) is 9.71 Å². The highest BCUT2D eigenvalue weighted by atomic mass is 32.1. The number of pyridine rings is 1. The number of carbonyl (C=O) groups excluding carboxylic acids is 1. The molecule has 0 fully saturated rings. The van der Waals surface area contributed by atoms with Gasteiger partial charge < -0.3 is 10.6 Å². The average molecular weight is 277 g/mol. The van der Waals surface area contributed by atoms with Crippen molar-refractivity contribution in [3.05, 3.63) is 23.2 Å². The van der Waals surface area contributed by atoms with E-state index >= 15 is 0 Å². The third-order valence-electron chi connectivity index (χ3n) is 3.42. The number of nitrogen functional groups attached to an aromatic ring is 1. The first-order valence-corrected chi connectivity index (χ1v) is 7.35. The number of thiophene rings is 1. The van der Waals surface area contributed by atoms with Gasteiger partial charge in [-0.15, -0.1) is 11.3 Å². The third-order valence-corrected chi connectivity index (χ3v) is 4.54. The summed E-state index contributed by atoms with van der Waals surface area (Å²) in [6.45, 7) is 6.82. The first-order chi connectivity index (χ1) is 9.10. The lowest BCUT2D eigenvalue weighted by molar-refractivity contribution is 0.0706. The maximum Gasteiger partial charge on any atom is 0.266 e. The Balaban J connectivity index is 2.43. The van der Waals surface area contributed by atoms with Crippen molar-refractivity contribution in [2.75, 3.05) is 12.3 Å². The molecule has 0 saturated carbocycles. The van der Waals surface area contributed by atoms with Crippen LogP contribution < -0.4 is 5.73 Å². The second-order valence-corrected chi connectivity index (χ2v) is 5.55. The van der Waals surface area contributed by atoms with Crippen molar-refractivity contribution in [2.45, 2.75) is 33.2 Å². The summed E-state index contributed by atoms with van der Waals surface area (Å²) < 4.78 is 0. The molecule has 0 bridgehead atoms. The van der Waals surface area contributed by atoms with Crippen LogP contribution in [-0.2, 0) is 0 Å². The number of carbonyl (C=O) groups is 1. The Morgan fingerprint density at radius 1 is 1.53 bits per heavy atom. The maximum absolute atomic E-state index is 12.6. The maximum atomic E-state index is 12.6. The van der Waals surface area contributed by atoms with E-state index in [0.29, 0.717) is 17.1 Å². The Morgan fingerprint density at radius 2 is 2.26 bits per heavy atom. The molecule has 2 aromatic rings. The van der Waals surface area contributed by atoms with Gasteiger partial charge in [0.2, 0.25) is 0 Å². The fraction of sp³-hybridized carbons (Fsp3) is 0.429. The first kappa shape index (κ1) is 13.8. The molecule has 1 unspecified atom stereocenters. The fourth-order valence-corrected chi connectivity index (χ4v) is 3.14. The van der Waals surface area contributed by atoms with E-state index in [1.54, 1.807) is 6.20 Å². The molecular formula is C14H19N3OS. The molecule has 102 valence electrons. The quantitative estimate of drug-likeness (QED) is 0.934. The highest BCUT2D eigenvalue weighted by molar-refractivity contribution is 7.21. The molecule has 4 nitrogen and oxygen atoms in total. The van der Waals surface area contributed by atoms with Crippen LogP contribution in [0.15, 0.2) is 18.3 Å². The zero-order valence-electron chi connectivity index (χ0n) is 11.5. The molecule has 2 aromatic heterocycles. The van der Waals surface area contributed by atoms with Gasteiger partial charge in [0.15, 0.2) is 0 Å². The van der Waals surface area contributed by atoms with Crippen molar-refractivity contribution in [1.29, 1.82) is 0 Å². The van der Waals surface area contributed by atoms with Crippen LogP contribution in [-0.4, -0.2) is 28.4 Å². The van der Waals surface area contributed by atoms with Gasteiger partial charge in [-0.3, -0.25) is 4.79 Å². The first-order valence-electron chi connectivity index (χ1n) is 6.54. The SMILES string of the molecule is CCC(C)N(CC)C(=O)c1sc2ncccc2c1N. The van der Waals surface area contributed by atoms with Crippen LogP contribution in [0.1, 0.15) is 36.9 Å². The highest BCUT2D eigenvalue weighted by Crippen LogP contribution is 2.33. The van der Waals surface area contributed by atoms with Gasteiger partial charge >= 0.3 is 0 Å². The molecule has 2 heterocycles. The van der Waals surface area contributed by atoms with E-state index < -0.39 is 0 Å². The number of amides is 1. The Labute approximate surface area is 117 Å². The molecule has 1 amide bonds. The summed E-state index contributed by atoms with van der Waals surface area (Å²) in [7, 11) is 0. The molecule has 5 heteroatoms. The second-order valence-electron chi connectivity index (χ2n) is 4.55. The predicted octanol–water partition coefficient (Wildman–Crippen LogP) is 3.14. The Kier molecular flexibility index (Phi) is 4.04. The average Bonchev–Trinajstić information content (AvgIpc) is 2.77. The molecule has 0 saturated heterocycles. The standard InChI is InChI=1S/C14H19N3OS/c1-4-9(3)17(5-2)14(18)12-11(15)10-7-6-8-16-13(10)19-12/h6-9H,4-5,15H2,1-3H3. The summed E-state index contributed by atoms with van der Waals surface area (Å²) in [5, 5.41) is 0.871. The third kappa shape index (κ3) is 2.42. The van der Waals surface area contributed by atoms with Crippen molar-refractivity contribution in [3.63, 3.8) is 0 Å². The van der Waals surface area contributed by atoms with E-state index in [1.165, 1.54) is 11.3 Å². The molecular weight excluding hydrogens is 258 g/mol. The molecule has 0 aliphatic heterocycles. The number of rotatable bonds is 4. The predicted molar refractivity (Wildman–Crippen MR) is 80.5 cm³/mol. The number of hydrogen-bond donors (Lipinski definition) is 1. The van der Waals surface area contributed by atoms with Crippen LogP contribution in [0.2, 0.25) is 0 Å². The van der Waals surface area contributed by atoms with Crippen molar-refractivity contribution in [2.24, 2.45) is 0 Å². The summed E-state index contributed by atoms with van der Waals surface area (Å²) in [6, 6.07) is 3.96. The minimum absolute atomic E-state index is 0.0114. The van der Waals surface area contributed by atoms with Crippen LogP contribution in [0.3, 0.4) is 0 Å². The van der Waals surface area contributed by atoms with Crippen molar-refractivity contribution >= 4 is 33.1 Å². The van der Waals surface area contributed by atoms with Crippen molar-refractivity contribution in [3.8, 4) is 0 Å². The zero-order valence-corrected chi connectivity index (χ0v) is 12.3.